The highest BCUT2D eigenvalue weighted by atomic mass is 16.5. The second kappa shape index (κ2) is 13.4. The number of aliphatic carboxylic acids is 2. The number of guanidine groups is 1. The summed E-state index contributed by atoms with van der Waals surface area (Å²) >= 11 is 0. The number of methoxy groups -OCH3 is 1. The molecule has 6 N–H and O–H groups in total. The van der Waals surface area contributed by atoms with Crippen LogP contribution in [0.25, 0.3) is 10.9 Å². The van der Waals surface area contributed by atoms with Gasteiger partial charge in [-0.15, -0.1) is 0 Å². The zero-order chi connectivity index (χ0) is 22.4. The maximum Gasteiger partial charge on any atom is 0.328 e. The number of hydrogen-bond donors (Lipinski definition) is 5. The highest BCUT2D eigenvalue weighted by Gasteiger charge is 2.03. The van der Waals surface area contributed by atoms with Crippen LogP contribution in [0.3, 0.4) is 0 Å². The number of benzene rings is 1. The number of hydrogen-bond acceptors (Lipinski definition) is 5. The number of carboxylic acid groups (broad SMARTS) is 2. The molecule has 0 aliphatic carbocycles. The first-order valence-corrected chi connectivity index (χ1v) is 9.25. The number of carboxylic acids is 2. The van der Waals surface area contributed by atoms with Gasteiger partial charge in [-0.25, -0.2) is 15.0 Å². The Labute approximate surface area is 174 Å². The van der Waals surface area contributed by atoms with Crippen molar-refractivity contribution >= 4 is 35.0 Å². The van der Waals surface area contributed by atoms with E-state index in [1.165, 1.54) is 6.42 Å². The zero-order valence-corrected chi connectivity index (χ0v) is 17.0. The second-order valence-electron chi connectivity index (χ2n) is 6.01. The van der Waals surface area contributed by atoms with E-state index in [1.54, 1.807) is 13.3 Å². The summed E-state index contributed by atoms with van der Waals surface area (Å²) in [4.78, 5) is 26.5. The van der Waals surface area contributed by atoms with Gasteiger partial charge in [0.15, 0.2) is 0 Å². The summed E-state index contributed by atoms with van der Waals surface area (Å²) in [5, 5.41) is 20.8. The number of nitrogens with one attached hydrogen (secondary N) is 2. The molecule has 1 aromatic carbocycles. The van der Waals surface area contributed by atoms with Gasteiger partial charge in [-0.05, 0) is 24.6 Å². The van der Waals surface area contributed by atoms with Crippen LogP contribution in [-0.4, -0.2) is 53.0 Å². The van der Waals surface area contributed by atoms with Crippen molar-refractivity contribution in [1.82, 2.24) is 10.4 Å². The Hall–Kier alpha value is -3.82. The Morgan fingerprint density at radius 3 is 2.53 bits per heavy atom. The van der Waals surface area contributed by atoms with Gasteiger partial charge in [0, 0.05) is 41.4 Å². The van der Waals surface area contributed by atoms with Crippen LogP contribution in [0, 0.1) is 0 Å². The van der Waals surface area contributed by atoms with Gasteiger partial charge >= 0.3 is 11.9 Å². The van der Waals surface area contributed by atoms with Crippen LogP contribution in [0.15, 0.2) is 46.6 Å². The fourth-order valence-corrected chi connectivity index (χ4v) is 2.26. The summed E-state index contributed by atoms with van der Waals surface area (Å²) in [6, 6.07) is 5.86. The number of carbonyl (C=O) groups is 2. The molecule has 0 spiro atoms. The molecule has 1 heterocycles. The van der Waals surface area contributed by atoms with Crippen molar-refractivity contribution in [3.63, 3.8) is 0 Å². The molecule has 2 aromatic rings. The largest absolute Gasteiger partial charge is 0.497 e. The lowest BCUT2D eigenvalue weighted by Crippen LogP contribution is -2.27. The molecule has 1 aromatic heterocycles. The van der Waals surface area contributed by atoms with E-state index in [0.29, 0.717) is 18.1 Å². The Kier molecular flexibility index (Phi) is 10.8. The van der Waals surface area contributed by atoms with E-state index < -0.39 is 11.9 Å². The number of unbranched alkanes of at least 4 members (excludes halogenated alkanes) is 2. The van der Waals surface area contributed by atoms with Gasteiger partial charge in [0.2, 0.25) is 5.96 Å². The average Bonchev–Trinajstić information content (AvgIpc) is 3.12. The van der Waals surface area contributed by atoms with Crippen molar-refractivity contribution in [2.75, 3.05) is 13.7 Å². The second-order valence-corrected chi connectivity index (χ2v) is 6.01. The molecule has 10 heteroatoms. The minimum atomic E-state index is -1.26. The molecule has 0 saturated heterocycles. The summed E-state index contributed by atoms with van der Waals surface area (Å²) in [7, 11) is 1.65. The number of H-pyrrole nitrogens is 1. The Morgan fingerprint density at radius 1 is 1.23 bits per heavy atom. The van der Waals surface area contributed by atoms with E-state index in [1.807, 2.05) is 24.4 Å². The fraction of sp³-hybridized carbons (Fsp3) is 0.300. The van der Waals surface area contributed by atoms with Gasteiger partial charge in [0.05, 0.1) is 13.3 Å². The molecule has 0 atom stereocenters. The van der Waals surface area contributed by atoms with Crippen LogP contribution < -0.4 is 15.9 Å². The van der Waals surface area contributed by atoms with E-state index >= 15 is 0 Å². The number of aromatic amines is 1. The number of rotatable bonds is 9. The molecule has 0 unspecified atom stereocenters. The molecule has 0 bridgehead atoms. The molecule has 0 radical (unpaired) electrons. The maximum absolute atomic E-state index is 9.55. The molecular formula is C20H27N5O5. The van der Waals surface area contributed by atoms with E-state index in [2.05, 4.69) is 27.4 Å². The van der Waals surface area contributed by atoms with Gasteiger partial charge < -0.3 is 25.7 Å². The van der Waals surface area contributed by atoms with Crippen LogP contribution in [0.1, 0.15) is 31.7 Å². The molecular weight excluding hydrogens is 390 g/mol. The highest BCUT2D eigenvalue weighted by molar-refractivity contribution is 5.99. The minimum Gasteiger partial charge on any atom is -0.497 e. The van der Waals surface area contributed by atoms with Crippen molar-refractivity contribution in [1.29, 1.82) is 0 Å². The monoisotopic (exact) mass is 417 g/mol. The SMILES string of the molecule is CCCCCN=C(N)NN=Cc1c[nH]c2ccc(OC)cc12.O=C(O)C=CC(=O)O. The predicted octanol–water partition coefficient (Wildman–Crippen LogP) is 2.32. The van der Waals surface area contributed by atoms with E-state index in [-0.39, 0.29) is 0 Å². The third-order valence-electron chi connectivity index (χ3n) is 3.72. The van der Waals surface area contributed by atoms with Crippen LogP contribution in [0.4, 0.5) is 0 Å². The van der Waals surface area contributed by atoms with Gasteiger partial charge in [-0.3, -0.25) is 4.99 Å². The van der Waals surface area contributed by atoms with E-state index in [0.717, 1.165) is 41.6 Å². The quantitative estimate of drug-likeness (QED) is 0.137. The Bertz CT molecular complexity index is 901. The number of hydrazone groups is 1. The zero-order valence-electron chi connectivity index (χ0n) is 17.0. The number of nitrogens with two attached hydrogens (primary N) is 1. The lowest BCUT2D eigenvalue weighted by atomic mass is 10.2. The topological polar surface area (TPSA) is 162 Å². The number of ether oxygens (including phenoxy) is 1. The van der Waals surface area contributed by atoms with Crippen molar-refractivity contribution in [3.05, 3.63) is 42.1 Å². The lowest BCUT2D eigenvalue weighted by molar-refractivity contribution is -0.134. The molecule has 2 rings (SSSR count). The van der Waals surface area contributed by atoms with Gasteiger partial charge in [-0.2, -0.15) is 5.10 Å². The van der Waals surface area contributed by atoms with Crippen molar-refractivity contribution in [2.24, 2.45) is 15.8 Å². The van der Waals surface area contributed by atoms with Crippen molar-refractivity contribution < 1.29 is 24.5 Å². The number of fused-ring (bicyclic) bond motifs is 1. The lowest BCUT2D eigenvalue weighted by Gasteiger charge is -2.00. The Balaban J connectivity index is 0.000000479. The smallest absolute Gasteiger partial charge is 0.328 e. The third kappa shape index (κ3) is 9.40. The molecule has 10 nitrogen and oxygen atoms in total. The first-order chi connectivity index (χ1) is 14.4. The maximum atomic E-state index is 9.55. The summed E-state index contributed by atoms with van der Waals surface area (Å²) in [5.74, 6) is -1.36. The van der Waals surface area contributed by atoms with E-state index in [4.69, 9.17) is 20.7 Å². The van der Waals surface area contributed by atoms with Gasteiger partial charge in [0.1, 0.15) is 5.75 Å². The van der Waals surface area contributed by atoms with Crippen LogP contribution in [0.5, 0.6) is 5.75 Å². The molecule has 0 saturated carbocycles. The number of aromatic nitrogens is 1. The Morgan fingerprint density at radius 2 is 1.93 bits per heavy atom. The molecule has 30 heavy (non-hydrogen) atoms. The molecule has 162 valence electrons. The average molecular weight is 417 g/mol. The standard InChI is InChI=1S/C16H23N5O.C4H4O4/c1-3-4-5-8-18-16(17)21-20-11-12-10-19-15-7-6-13(22-2)9-14(12)15;5-3(6)1-2-4(7)8/h6-7,9-11,19H,3-5,8H2,1-2H3,(H3,17,18,21);1-2H,(H,5,6)(H,7,8). The molecule has 0 fully saturated rings. The molecule has 0 amide bonds. The summed E-state index contributed by atoms with van der Waals surface area (Å²) < 4.78 is 5.24. The number of nitrogens with zero attached hydrogens (tertiary/aromatic N) is 2. The first-order valence-electron chi connectivity index (χ1n) is 9.25. The van der Waals surface area contributed by atoms with E-state index in [9.17, 15) is 9.59 Å². The highest BCUT2D eigenvalue weighted by Crippen LogP contribution is 2.22. The fourth-order valence-electron chi connectivity index (χ4n) is 2.26. The van der Waals surface area contributed by atoms with Gasteiger partial charge in [-0.1, -0.05) is 19.8 Å². The molecule has 0 aliphatic heterocycles. The van der Waals surface area contributed by atoms with Gasteiger partial charge in [0.25, 0.3) is 0 Å². The number of aliphatic imine (C=N–C) groups is 1. The van der Waals surface area contributed by atoms with Crippen molar-refractivity contribution in [2.45, 2.75) is 26.2 Å². The normalized spacial score (nSPS) is 11.5. The van der Waals surface area contributed by atoms with Crippen LogP contribution >= 0.6 is 0 Å². The van der Waals surface area contributed by atoms with Crippen molar-refractivity contribution in [3.8, 4) is 5.75 Å². The van der Waals surface area contributed by atoms with Crippen LogP contribution in [-0.2, 0) is 9.59 Å². The minimum absolute atomic E-state index is 0.338. The molecule has 0 aliphatic rings. The predicted molar refractivity (Wildman–Crippen MR) is 116 cm³/mol. The summed E-state index contributed by atoms with van der Waals surface area (Å²) in [6.07, 6.45) is 8.11. The van der Waals surface area contributed by atoms with Crippen LogP contribution in [0.2, 0.25) is 0 Å². The first kappa shape index (κ1) is 24.2. The summed E-state index contributed by atoms with van der Waals surface area (Å²) in [6.45, 7) is 2.89. The summed E-state index contributed by atoms with van der Waals surface area (Å²) in [5.41, 5.74) is 10.5. The third-order valence-corrected chi connectivity index (χ3v) is 3.72.